The number of hydrogen-bond donors (Lipinski definition) is 0. The van der Waals surface area contributed by atoms with Crippen molar-refractivity contribution in [3.63, 3.8) is 0 Å². The molecule has 1 aliphatic rings. The van der Waals surface area contributed by atoms with Crippen LogP contribution in [0.2, 0.25) is 0 Å². The van der Waals surface area contributed by atoms with Gasteiger partial charge in [0.1, 0.15) is 0 Å². The van der Waals surface area contributed by atoms with Gasteiger partial charge in [0.15, 0.2) is 0 Å². The van der Waals surface area contributed by atoms with Gasteiger partial charge in [-0.3, -0.25) is 0 Å². The van der Waals surface area contributed by atoms with Gasteiger partial charge in [0, 0.05) is 0 Å². The van der Waals surface area contributed by atoms with Gasteiger partial charge in [-0.25, -0.2) is 8.42 Å². The Labute approximate surface area is 148 Å². The second-order valence-corrected chi connectivity index (χ2v) is 8.23. The number of rotatable bonds is 4. The summed E-state index contributed by atoms with van der Waals surface area (Å²) in [7, 11) is -3.55. The van der Waals surface area contributed by atoms with E-state index in [1.54, 1.807) is 22.5 Å². The molecule has 0 bridgehead atoms. The molecule has 3 atom stereocenters. The first kappa shape index (κ1) is 16.1. The predicted molar refractivity (Wildman–Crippen MR) is 101 cm³/mol. The number of sulfonamides is 1. The van der Waals surface area contributed by atoms with Gasteiger partial charge in [-0.15, -0.1) is 6.58 Å². The molecule has 0 saturated carbocycles. The minimum atomic E-state index is -3.55. The second kappa shape index (κ2) is 5.83. The van der Waals surface area contributed by atoms with E-state index >= 15 is 0 Å². The molecule has 0 aromatic heterocycles. The first-order chi connectivity index (χ1) is 12.0. The monoisotopic (exact) mass is 349 g/mol. The minimum absolute atomic E-state index is 0.199. The summed E-state index contributed by atoms with van der Waals surface area (Å²) in [4.78, 5) is 0.327. The van der Waals surface area contributed by atoms with Crippen LogP contribution >= 0.6 is 0 Å². The van der Waals surface area contributed by atoms with Gasteiger partial charge in [0.2, 0.25) is 10.0 Å². The molecule has 3 aromatic rings. The summed E-state index contributed by atoms with van der Waals surface area (Å²) in [6.07, 6.45) is 1.72. The zero-order chi connectivity index (χ0) is 17.6. The summed E-state index contributed by atoms with van der Waals surface area (Å²) in [6.45, 7) is 5.79. The Morgan fingerprint density at radius 3 is 2.36 bits per heavy atom. The molecule has 126 valence electrons. The maximum Gasteiger partial charge on any atom is 0.244 e. The van der Waals surface area contributed by atoms with E-state index in [0.29, 0.717) is 4.90 Å². The number of fused-ring (bicyclic) bond motifs is 1. The fourth-order valence-electron chi connectivity index (χ4n) is 3.43. The molecular formula is C21H19NO2S. The average Bonchev–Trinajstić information content (AvgIpc) is 3.37. The third-order valence-corrected chi connectivity index (χ3v) is 6.68. The highest BCUT2D eigenvalue weighted by atomic mass is 32.2. The average molecular weight is 349 g/mol. The Hall–Kier alpha value is -2.43. The quantitative estimate of drug-likeness (QED) is 0.515. The largest absolute Gasteiger partial charge is 0.244 e. The molecule has 1 heterocycles. The standard InChI is InChI=1S/C21H19NO2S/c1-3-20-21(19-10-6-8-16-7-4-5-9-18(16)19)22(20)25(23,24)17-13-11-15(2)12-14-17/h3-14,20-21H,1H2,2H3/t20-,21+,22?/m1/s1. The van der Waals surface area contributed by atoms with Crippen LogP contribution in [0.4, 0.5) is 0 Å². The Kier molecular flexibility index (Phi) is 3.74. The van der Waals surface area contributed by atoms with Crippen LogP contribution in [0.5, 0.6) is 0 Å². The van der Waals surface area contributed by atoms with Crippen molar-refractivity contribution in [1.29, 1.82) is 0 Å². The number of benzene rings is 3. The molecule has 0 N–H and O–H groups in total. The molecule has 4 rings (SSSR count). The maximum atomic E-state index is 13.1. The summed E-state index contributed by atoms with van der Waals surface area (Å²) in [5.74, 6) is 0. The predicted octanol–water partition coefficient (Wildman–Crippen LogP) is 4.45. The number of nitrogens with zero attached hydrogens (tertiary/aromatic N) is 1. The molecule has 1 fully saturated rings. The Morgan fingerprint density at radius 1 is 0.960 bits per heavy atom. The molecular weight excluding hydrogens is 330 g/mol. The van der Waals surface area contributed by atoms with Crippen molar-refractivity contribution in [3.8, 4) is 0 Å². The molecule has 4 heteroatoms. The van der Waals surface area contributed by atoms with Crippen LogP contribution < -0.4 is 0 Å². The molecule has 3 aromatic carbocycles. The van der Waals surface area contributed by atoms with Crippen molar-refractivity contribution < 1.29 is 8.42 Å². The van der Waals surface area contributed by atoms with Crippen molar-refractivity contribution in [2.75, 3.05) is 0 Å². The summed E-state index contributed by atoms with van der Waals surface area (Å²) in [5, 5.41) is 2.20. The third-order valence-electron chi connectivity index (χ3n) is 4.78. The van der Waals surface area contributed by atoms with Gasteiger partial charge in [0.25, 0.3) is 0 Å². The van der Waals surface area contributed by atoms with Gasteiger partial charge in [-0.2, -0.15) is 4.31 Å². The lowest BCUT2D eigenvalue weighted by molar-refractivity contribution is 0.551. The Bertz CT molecular complexity index is 1050. The molecule has 3 nitrogen and oxygen atoms in total. The lowest BCUT2D eigenvalue weighted by Gasteiger charge is -2.09. The highest BCUT2D eigenvalue weighted by molar-refractivity contribution is 7.89. The van der Waals surface area contributed by atoms with E-state index in [0.717, 1.165) is 21.9 Å². The van der Waals surface area contributed by atoms with E-state index in [1.165, 1.54) is 0 Å². The van der Waals surface area contributed by atoms with E-state index in [4.69, 9.17) is 0 Å². The van der Waals surface area contributed by atoms with Crippen LogP contribution in [0.1, 0.15) is 17.2 Å². The highest BCUT2D eigenvalue weighted by Gasteiger charge is 2.55. The van der Waals surface area contributed by atoms with Crippen LogP contribution in [0.3, 0.4) is 0 Å². The third kappa shape index (κ3) is 2.58. The first-order valence-corrected chi connectivity index (χ1v) is 9.68. The van der Waals surface area contributed by atoms with Crippen LogP contribution in [0.15, 0.2) is 84.3 Å². The van der Waals surface area contributed by atoms with E-state index in [2.05, 4.69) is 6.58 Å². The number of hydrogen-bond acceptors (Lipinski definition) is 2. The Balaban J connectivity index is 1.79. The van der Waals surface area contributed by atoms with Crippen LogP contribution in [0, 0.1) is 6.92 Å². The molecule has 1 aliphatic heterocycles. The van der Waals surface area contributed by atoms with Crippen LogP contribution in [-0.4, -0.2) is 18.8 Å². The van der Waals surface area contributed by atoms with Gasteiger partial charge in [0.05, 0.1) is 17.0 Å². The maximum absolute atomic E-state index is 13.1. The van der Waals surface area contributed by atoms with E-state index in [1.807, 2.05) is 61.5 Å². The molecule has 1 unspecified atom stereocenters. The Morgan fingerprint density at radius 2 is 1.64 bits per heavy atom. The van der Waals surface area contributed by atoms with E-state index < -0.39 is 10.0 Å². The lowest BCUT2D eigenvalue weighted by Crippen LogP contribution is -2.14. The summed E-state index contributed by atoms with van der Waals surface area (Å²) < 4.78 is 27.7. The van der Waals surface area contributed by atoms with Gasteiger partial charge >= 0.3 is 0 Å². The summed E-state index contributed by atoms with van der Waals surface area (Å²) >= 11 is 0. The summed E-state index contributed by atoms with van der Waals surface area (Å²) in [5.41, 5.74) is 2.06. The minimum Gasteiger partial charge on any atom is -0.207 e. The number of aryl methyl sites for hydroxylation is 1. The second-order valence-electron chi connectivity index (χ2n) is 6.39. The molecule has 25 heavy (non-hydrogen) atoms. The van der Waals surface area contributed by atoms with Crippen LogP contribution in [-0.2, 0) is 10.0 Å². The molecule has 0 radical (unpaired) electrons. The topological polar surface area (TPSA) is 37.1 Å². The fraction of sp³-hybridized carbons (Fsp3) is 0.143. The zero-order valence-electron chi connectivity index (χ0n) is 14.0. The highest BCUT2D eigenvalue weighted by Crippen LogP contribution is 2.49. The first-order valence-electron chi connectivity index (χ1n) is 8.24. The summed E-state index contributed by atoms with van der Waals surface area (Å²) in [6, 6.07) is 20.7. The van der Waals surface area contributed by atoms with Gasteiger partial charge in [-0.05, 0) is 35.4 Å². The zero-order valence-corrected chi connectivity index (χ0v) is 14.8. The van der Waals surface area contributed by atoms with Crippen molar-refractivity contribution in [2.45, 2.75) is 23.9 Å². The normalized spacial score (nSPS) is 22.7. The van der Waals surface area contributed by atoms with Gasteiger partial charge < -0.3 is 0 Å². The molecule has 0 spiro atoms. The van der Waals surface area contributed by atoms with E-state index in [-0.39, 0.29) is 12.1 Å². The lowest BCUT2D eigenvalue weighted by atomic mass is 10.0. The molecule has 0 aliphatic carbocycles. The van der Waals surface area contributed by atoms with Crippen LogP contribution in [0.25, 0.3) is 10.8 Å². The van der Waals surface area contributed by atoms with Crippen molar-refractivity contribution in [1.82, 2.24) is 4.31 Å². The smallest absolute Gasteiger partial charge is 0.207 e. The molecule has 1 saturated heterocycles. The SMILES string of the molecule is C=C[C@@H]1[C@H](c2cccc3ccccc23)N1S(=O)(=O)c1ccc(C)cc1. The van der Waals surface area contributed by atoms with E-state index in [9.17, 15) is 8.42 Å². The van der Waals surface area contributed by atoms with Gasteiger partial charge in [-0.1, -0.05) is 66.2 Å². The fourth-order valence-corrected chi connectivity index (χ4v) is 5.16. The van der Waals surface area contributed by atoms with Crippen molar-refractivity contribution in [3.05, 3.63) is 90.5 Å². The van der Waals surface area contributed by atoms with Crippen molar-refractivity contribution in [2.24, 2.45) is 0 Å². The van der Waals surface area contributed by atoms with Crippen molar-refractivity contribution >= 4 is 20.8 Å². The molecule has 0 amide bonds.